The summed E-state index contributed by atoms with van der Waals surface area (Å²) in [6.07, 6.45) is 3.87. The highest BCUT2D eigenvalue weighted by Crippen LogP contribution is 2.22. The van der Waals surface area contributed by atoms with Crippen molar-refractivity contribution in [3.05, 3.63) is 52.7 Å². The minimum atomic E-state index is -0.741. The number of nitrogens with one attached hydrogen (secondary N) is 1. The average Bonchev–Trinajstić information content (AvgIpc) is 2.85. The number of hydrogen-bond donors (Lipinski definition) is 2. The molecule has 0 aliphatic rings. The van der Waals surface area contributed by atoms with E-state index < -0.39 is 5.60 Å². The summed E-state index contributed by atoms with van der Waals surface area (Å²) in [6.45, 7) is 5.88. The Morgan fingerprint density at radius 1 is 1.29 bits per heavy atom. The molecule has 1 aromatic carbocycles. The summed E-state index contributed by atoms with van der Waals surface area (Å²) in [5, 5.41) is 9.70. The number of hydrogen-bond acceptors (Lipinski definition) is 4. The van der Waals surface area contributed by atoms with Crippen molar-refractivity contribution in [2.75, 3.05) is 6.61 Å². The van der Waals surface area contributed by atoms with E-state index >= 15 is 0 Å². The van der Waals surface area contributed by atoms with Gasteiger partial charge >= 0.3 is 0 Å². The Hall–Kier alpha value is -2.60. The number of ether oxygens (including phenoxy) is 1. The fraction of sp³-hybridized carbons (Fsp3) is 0.333. The molecule has 0 radical (unpaired) electrons. The van der Waals surface area contributed by atoms with E-state index in [0.29, 0.717) is 24.1 Å². The van der Waals surface area contributed by atoms with Crippen LogP contribution < -0.4 is 10.3 Å². The zero-order chi connectivity index (χ0) is 17.3. The molecule has 0 saturated heterocycles. The van der Waals surface area contributed by atoms with Crippen LogP contribution in [0.1, 0.15) is 25.8 Å². The van der Waals surface area contributed by atoms with Crippen LogP contribution in [0.15, 0.2) is 41.6 Å². The lowest BCUT2D eigenvalue weighted by atomic mass is 10.1. The molecule has 0 aliphatic carbocycles. The van der Waals surface area contributed by atoms with E-state index in [2.05, 4.69) is 9.97 Å². The van der Waals surface area contributed by atoms with Crippen molar-refractivity contribution in [1.82, 2.24) is 14.5 Å². The second-order valence-electron chi connectivity index (χ2n) is 6.52. The van der Waals surface area contributed by atoms with Gasteiger partial charge in [-0.3, -0.25) is 4.79 Å². The van der Waals surface area contributed by atoms with Crippen LogP contribution in [-0.2, 0) is 0 Å². The molecule has 0 atom stereocenters. The third kappa shape index (κ3) is 3.33. The fourth-order valence-electron chi connectivity index (χ4n) is 2.55. The van der Waals surface area contributed by atoms with Gasteiger partial charge in [0.15, 0.2) is 0 Å². The molecule has 0 spiro atoms. The Morgan fingerprint density at radius 2 is 2.00 bits per heavy atom. The molecule has 0 saturated carbocycles. The SMILES string of the molecule is Cc1cn(-c2ccc(OCCC(C)(C)O)cc2)c2c(=O)[nH]cnc12. The number of aromatic amines is 1. The normalized spacial score (nSPS) is 11.8. The zero-order valence-electron chi connectivity index (χ0n) is 14.0. The number of rotatable bonds is 5. The smallest absolute Gasteiger partial charge is 0.275 e. The molecular weight excluding hydrogens is 306 g/mol. The molecule has 126 valence electrons. The van der Waals surface area contributed by atoms with E-state index in [9.17, 15) is 9.90 Å². The molecule has 2 aromatic heterocycles. The van der Waals surface area contributed by atoms with Gasteiger partial charge < -0.3 is 19.4 Å². The van der Waals surface area contributed by atoms with E-state index in [1.807, 2.05) is 42.0 Å². The van der Waals surface area contributed by atoms with E-state index in [1.54, 1.807) is 13.8 Å². The number of fused-ring (bicyclic) bond motifs is 1. The molecule has 2 heterocycles. The molecule has 2 N–H and O–H groups in total. The third-order valence-corrected chi connectivity index (χ3v) is 3.86. The summed E-state index contributed by atoms with van der Waals surface area (Å²) in [7, 11) is 0. The van der Waals surface area contributed by atoms with Crippen LogP contribution in [0.5, 0.6) is 5.75 Å². The molecule has 24 heavy (non-hydrogen) atoms. The van der Waals surface area contributed by atoms with Gasteiger partial charge in [-0.1, -0.05) is 0 Å². The minimum Gasteiger partial charge on any atom is -0.493 e. The van der Waals surface area contributed by atoms with Gasteiger partial charge in [-0.05, 0) is 50.6 Å². The first kappa shape index (κ1) is 16.3. The van der Waals surface area contributed by atoms with Gasteiger partial charge in [0.05, 0.1) is 24.1 Å². The number of H-pyrrole nitrogens is 1. The van der Waals surface area contributed by atoms with Crippen molar-refractivity contribution in [3.63, 3.8) is 0 Å². The quantitative estimate of drug-likeness (QED) is 0.755. The van der Waals surface area contributed by atoms with Gasteiger partial charge in [-0.2, -0.15) is 0 Å². The van der Waals surface area contributed by atoms with Gasteiger partial charge in [0.1, 0.15) is 11.3 Å². The molecule has 0 amide bonds. The molecular formula is C18H21N3O3. The molecule has 0 bridgehead atoms. The largest absolute Gasteiger partial charge is 0.493 e. The maximum atomic E-state index is 12.1. The Kier molecular flexibility index (Phi) is 4.15. The van der Waals surface area contributed by atoms with Crippen molar-refractivity contribution >= 4 is 11.0 Å². The third-order valence-electron chi connectivity index (χ3n) is 3.86. The summed E-state index contributed by atoms with van der Waals surface area (Å²) in [5.41, 5.74) is 2.13. The van der Waals surface area contributed by atoms with Crippen LogP contribution in [0.25, 0.3) is 16.7 Å². The predicted octanol–water partition coefficient (Wildman–Crippen LogP) is 2.56. The average molecular weight is 327 g/mol. The van der Waals surface area contributed by atoms with E-state index in [1.165, 1.54) is 6.33 Å². The second-order valence-corrected chi connectivity index (χ2v) is 6.52. The number of aliphatic hydroxyl groups is 1. The van der Waals surface area contributed by atoms with Crippen molar-refractivity contribution < 1.29 is 9.84 Å². The van der Waals surface area contributed by atoms with Crippen molar-refractivity contribution in [3.8, 4) is 11.4 Å². The van der Waals surface area contributed by atoms with Crippen molar-refractivity contribution in [2.24, 2.45) is 0 Å². The van der Waals surface area contributed by atoms with Crippen LogP contribution >= 0.6 is 0 Å². The Morgan fingerprint density at radius 3 is 2.67 bits per heavy atom. The van der Waals surface area contributed by atoms with Gasteiger partial charge in [0.25, 0.3) is 5.56 Å². The fourth-order valence-corrected chi connectivity index (χ4v) is 2.55. The maximum Gasteiger partial charge on any atom is 0.275 e. The summed E-state index contributed by atoms with van der Waals surface area (Å²) in [5.74, 6) is 0.725. The summed E-state index contributed by atoms with van der Waals surface area (Å²) in [4.78, 5) is 19.0. The van der Waals surface area contributed by atoms with Crippen LogP contribution in [0.2, 0.25) is 0 Å². The standard InChI is InChI=1S/C18H21N3O3/c1-12-10-21(16-15(12)19-11-20-17(16)22)13-4-6-14(7-5-13)24-9-8-18(2,3)23/h4-7,10-11,23H,8-9H2,1-3H3,(H,19,20,22). The number of nitrogens with zero attached hydrogens (tertiary/aromatic N) is 2. The summed E-state index contributed by atoms with van der Waals surface area (Å²) >= 11 is 0. The van der Waals surface area contributed by atoms with Crippen molar-refractivity contribution in [2.45, 2.75) is 32.8 Å². The Bertz CT molecular complexity index is 902. The first-order valence-electron chi connectivity index (χ1n) is 7.86. The lowest BCUT2D eigenvalue weighted by Gasteiger charge is -2.17. The molecule has 3 rings (SSSR count). The van der Waals surface area contributed by atoms with Gasteiger partial charge in [-0.15, -0.1) is 0 Å². The Labute approximate surface area is 139 Å². The minimum absolute atomic E-state index is 0.168. The van der Waals surface area contributed by atoms with Crippen LogP contribution in [0.4, 0.5) is 0 Å². The highest BCUT2D eigenvalue weighted by Gasteiger charge is 2.13. The maximum absolute atomic E-state index is 12.1. The highest BCUT2D eigenvalue weighted by atomic mass is 16.5. The zero-order valence-corrected chi connectivity index (χ0v) is 14.0. The van der Waals surface area contributed by atoms with Gasteiger partial charge in [-0.25, -0.2) is 4.98 Å². The highest BCUT2D eigenvalue weighted by molar-refractivity contribution is 5.80. The van der Waals surface area contributed by atoms with Crippen LogP contribution in [0.3, 0.4) is 0 Å². The number of benzene rings is 1. The van der Waals surface area contributed by atoms with E-state index in [4.69, 9.17) is 4.74 Å². The van der Waals surface area contributed by atoms with Crippen LogP contribution in [0, 0.1) is 6.92 Å². The molecule has 0 aliphatic heterocycles. The molecule has 3 aromatic rings. The first-order chi connectivity index (χ1) is 11.3. The predicted molar refractivity (Wildman–Crippen MR) is 92.8 cm³/mol. The topological polar surface area (TPSA) is 80.1 Å². The second kappa shape index (κ2) is 6.13. The van der Waals surface area contributed by atoms with Gasteiger partial charge in [0.2, 0.25) is 0 Å². The monoisotopic (exact) mass is 327 g/mol. The van der Waals surface area contributed by atoms with Gasteiger partial charge in [0, 0.05) is 18.3 Å². The lowest BCUT2D eigenvalue weighted by Crippen LogP contribution is -2.21. The van der Waals surface area contributed by atoms with E-state index in [0.717, 1.165) is 17.0 Å². The molecule has 0 fully saturated rings. The molecule has 0 unspecified atom stereocenters. The lowest BCUT2D eigenvalue weighted by molar-refractivity contribution is 0.0553. The first-order valence-corrected chi connectivity index (χ1v) is 7.86. The van der Waals surface area contributed by atoms with Crippen LogP contribution in [-0.4, -0.2) is 31.8 Å². The summed E-state index contributed by atoms with van der Waals surface area (Å²) in [6, 6.07) is 7.49. The summed E-state index contributed by atoms with van der Waals surface area (Å²) < 4.78 is 7.47. The molecule has 6 heteroatoms. The van der Waals surface area contributed by atoms with E-state index in [-0.39, 0.29) is 5.56 Å². The van der Waals surface area contributed by atoms with Crippen molar-refractivity contribution in [1.29, 1.82) is 0 Å². The Balaban J connectivity index is 1.85. The molecule has 6 nitrogen and oxygen atoms in total. The number of aromatic nitrogens is 3. The number of aryl methyl sites for hydroxylation is 1.